The van der Waals surface area contributed by atoms with Gasteiger partial charge in [0.15, 0.2) is 0 Å². The Morgan fingerprint density at radius 1 is 1.52 bits per heavy atom. The van der Waals surface area contributed by atoms with Gasteiger partial charge < -0.3 is 10.4 Å². The molecule has 0 fully saturated rings. The van der Waals surface area contributed by atoms with E-state index in [4.69, 9.17) is 0 Å². The van der Waals surface area contributed by atoms with Crippen LogP contribution >= 0.6 is 0 Å². The summed E-state index contributed by atoms with van der Waals surface area (Å²) in [5.41, 5.74) is -0.115. The van der Waals surface area contributed by atoms with E-state index in [-0.39, 0.29) is 23.8 Å². The number of aliphatic hydroxyl groups is 1. The van der Waals surface area contributed by atoms with Crippen molar-refractivity contribution in [2.24, 2.45) is 5.92 Å². The van der Waals surface area contributed by atoms with E-state index in [2.05, 4.69) is 15.5 Å². The number of nitrogens with zero attached hydrogens (tertiary/aromatic N) is 2. The highest BCUT2D eigenvalue weighted by Crippen LogP contribution is 2.22. The molecule has 0 spiro atoms. The molecule has 1 unspecified atom stereocenters. The number of aromatic nitrogens is 2. The molecule has 21 heavy (non-hydrogen) atoms. The highest BCUT2D eigenvalue weighted by atomic mass is 16.6. The quantitative estimate of drug-likeness (QED) is 0.495. The zero-order valence-corrected chi connectivity index (χ0v) is 12.5. The second-order valence-corrected chi connectivity index (χ2v) is 5.26. The molecule has 1 amide bonds. The standard InChI is InChI=1S/C13H22N4O4/c1-4-5-9-12(17(20)21)11(16-15-9)13(19)14-7-6-10(18)8(2)3/h8,10,18H,4-7H2,1-3H3,(H,14,19)(H,15,16). The van der Waals surface area contributed by atoms with Crippen molar-refractivity contribution in [3.05, 3.63) is 21.5 Å². The van der Waals surface area contributed by atoms with Crippen LogP contribution in [0, 0.1) is 16.0 Å². The molecule has 0 aliphatic heterocycles. The summed E-state index contributed by atoms with van der Waals surface area (Å²) in [7, 11) is 0. The fraction of sp³-hybridized carbons (Fsp3) is 0.692. The normalized spacial score (nSPS) is 12.4. The number of aryl methyl sites for hydroxylation is 1. The molecule has 118 valence electrons. The van der Waals surface area contributed by atoms with Gasteiger partial charge in [0.1, 0.15) is 5.69 Å². The Bertz CT molecular complexity index is 498. The predicted octanol–water partition coefficient (Wildman–Crippen LogP) is 1.41. The summed E-state index contributed by atoms with van der Waals surface area (Å²) in [5.74, 6) is -0.506. The average Bonchev–Trinajstić information content (AvgIpc) is 2.82. The molecule has 1 rings (SSSR count). The highest BCUT2D eigenvalue weighted by Gasteiger charge is 2.28. The van der Waals surface area contributed by atoms with Crippen LogP contribution in [0.15, 0.2) is 0 Å². The van der Waals surface area contributed by atoms with Crippen molar-refractivity contribution in [2.45, 2.75) is 46.1 Å². The van der Waals surface area contributed by atoms with E-state index >= 15 is 0 Å². The fourth-order valence-corrected chi connectivity index (χ4v) is 1.90. The Morgan fingerprint density at radius 3 is 2.71 bits per heavy atom. The number of rotatable bonds is 8. The molecule has 0 aliphatic carbocycles. The number of nitro groups is 1. The van der Waals surface area contributed by atoms with Crippen LogP contribution in [0.3, 0.4) is 0 Å². The van der Waals surface area contributed by atoms with Crippen LogP contribution in [-0.2, 0) is 6.42 Å². The second-order valence-electron chi connectivity index (χ2n) is 5.26. The average molecular weight is 298 g/mol. The van der Waals surface area contributed by atoms with E-state index in [1.165, 1.54) is 0 Å². The molecule has 0 saturated carbocycles. The lowest BCUT2D eigenvalue weighted by Crippen LogP contribution is -2.29. The summed E-state index contributed by atoms with van der Waals surface area (Å²) in [5, 5.41) is 29.6. The minimum absolute atomic E-state index is 0.0952. The molecule has 0 bridgehead atoms. The third kappa shape index (κ3) is 4.52. The fourth-order valence-electron chi connectivity index (χ4n) is 1.90. The second kappa shape index (κ2) is 7.72. The molecule has 0 aromatic carbocycles. The van der Waals surface area contributed by atoms with Gasteiger partial charge in [-0.25, -0.2) is 0 Å². The third-order valence-corrected chi connectivity index (χ3v) is 3.21. The first-order valence-corrected chi connectivity index (χ1v) is 7.06. The number of aromatic amines is 1. The maximum absolute atomic E-state index is 12.0. The maximum atomic E-state index is 12.0. The lowest BCUT2D eigenvalue weighted by atomic mass is 10.0. The van der Waals surface area contributed by atoms with Gasteiger partial charge in [0.05, 0.1) is 11.0 Å². The molecule has 0 saturated heterocycles. The molecule has 1 aromatic rings. The van der Waals surface area contributed by atoms with Crippen molar-refractivity contribution in [2.75, 3.05) is 6.54 Å². The van der Waals surface area contributed by atoms with Crippen molar-refractivity contribution in [3.63, 3.8) is 0 Å². The number of aliphatic hydroxyl groups excluding tert-OH is 1. The summed E-state index contributed by atoms with van der Waals surface area (Å²) in [6, 6.07) is 0. The van der Waals surface area contributed by atoms with Gasteiger partial charge in [-0.05, 0) is 18.8 Å². The van der Waals surface area contributed by atoms with Crippen LogP contribution in [0.2, 0.25) is 0 Å². The van der Waals surface area contributed by atoms with Gasteiger partial charge in [0.25, 0.3) is 5.91 Å². The van der Waals surface area contributed by atoms with Crippen molar-refractivity contribution in [3.8, 4) is 0 Å². The number of hydrogen-bond acceptors (Lipinski definition) is 5. The largest absolute Gasteiger partial charge is 0.393 e. The number of carbonyl (C=O) groups excluding carboxylic acids is 1. The number of H-pyrrole nitrogens is 1. The van der Waals surface area contributed by atoms with E-state index in [0.29, 0.717) is 25.0 Å². The predicted molar refractivity (Wildman–Crippen MR) is 77.0 cm³/mol. The smallest absolute Gasteiger partial charge is 0.322 e. The first-order chi connectivity index (χ1) is 9.88. The Hall–Kier alpha value is -1.96. The molecule has 0 aliphatic rings. The van der Waals surface area contributed by atoms with Gasteiger partial charge in [0, 0.05) is 6.54 Å². The van der Waals surface area contributed by atoms with Crippen molar-refractivity contribution in [1.29, 1.82) is 0 Å². The monoisotopic (exact) mass is 298 g/mol. The third-order valence-electron chi connectivity index (χ3n) is 3.21. The number of nitrogens with one attached hydrogen (secondary N) is 2. The number of hydrogen-bond donors (Lipinski definition) is 3. The Kier molecular flexibility index (Phi) is 6.29. The van der Waals surface area contributed by atoms with Gasteiger partial charge in [-0.2, -0.15) is 5.10 Å². The van der Waals surface area contributed by atoms with Gasteiger partial charge in [-0.1, -0.05) is 27.2 Å². The molecule has 8 nitrogen and oxygen atoms in total. The van der Waals surface area contributed by atoms with Crippen molar-refractivity contribution >= 4 is 11.6 Å². The van der Waals surface area contributed by atoms with Crippen molar-refractivity contribution in [1.82, 2.24) is 15.5 Å². The van der Waals surface area contributed by atoms with Crippen LogP contribution in [0.25, 0.3) is 0 Å². The zero-order chi connectivity index (χ0) is 16.0. The molecular formula is C13H22N4O4. The Labute approximate surface area is 123 Å². The van der Waals surface area contributed by atoms with Crippen LogP contribution in [-0.4, -0.2) is 38.8 Å². The molecule has 1 atom stereocenters. The van der Waals surface area contributed by atoms with E-state index in [1.54, 1.807) is 0 Å². The molecular weight excluding hydrogens is 276 g/mol. The van der Waals surface area contributed by atoms with Crippen LogP contribution in [0.1, 0.15) is 49.8 Å². The van der Waals surface area contributed by atoms with Crippen LogP contribution in [0.4, 0.5) is 5.69 Å². The molecule has 1 aromatic heterocycles. The lowest BCUT2D eigenvalue weighted by Gasteiger charge is -2.13. The Balaban J connectivity index is 2.72. The maximum Gasteiger partial charge on any atom is 0.322 e. The molecule has 8 heteroatoms. The van der Waals surface area contributed by atoms with Crippen LogP contribution in [0.5, 0.6) is 0 Å². The lowest BCUT2D eigenvalue weighted by molar-refractivity contribution is -0.385. The van der Waals surface area contributed by atoms with Crippen LogP contribution < -0.4 is 5.32 Å². The van der Waals surface area contributed by atoms with E-state index in [1.807, 2.05) is 20.8 Å². The minimum Gasteiger partial charge on any atom is -0.393 e. The van der Waals surface area contributed by atoms with Gasteiger partial charge >= 0.3 is 5.69 Å². The summed E-state index contributed by atoms with van der Waals surface area (Å²) in [4.78, 5) is 22.4. The molecule has 3 N–H and O–H groups in total. The highest BCUT2D eigenvalue weighted by molar-refractivity contribution is 5.96. The van der Waals surface area contributed by atoms with Gasteiger partial charge in [-0.15, -0.1) is 0 Å². The summed E-state index contributed by atoms with van der Waals surface area (Å²) in [6.07, 6.45) is 1.05. The molecule has 0 radical (unpaired) electrons. The first-order valence-electron chi connectivity index (χ1n) is 7.06. The summed E-state index contributed by atoms with van der Waals surface area (Å²) >= 11 is 0. The SMILES string of the molecule is CCCc1[nH]nc(C(=O)NCCC(O)C(C)C)c1[N+](=O)[O-]. The Morgan fingerprint density at radius 2 is 2.19 bits per heavy atom. The zero-order valence-electron chi connectivity index (χ0n) is 12.5. The van der Waals surface area contributed by atoms with Gasteiger partial charge in [0.2, 0.25) is 5.69 Å². The number of amides is 1. The summed E-state index contributed by atoms with van der Waals surface area (Å²) in [6.45, 7) is 5.88. The summed E-state index contributed by atoms with van der Waals surface area (Å²) < 4.78 is 0. The topological polar surface area (TPSA) is 121 Å². The van der Waals surface area contributed by atoms with Gasteiger partial charge in [-0.3, -0.25) is 20.0 Å². The number of carbonyl (C=O) groups is 1. The van der Waals surface area contributed by atoms with E-state index < -0.39 is 16.9 Å². The molecule has 1 heterocycles. The first kappa shape index (κ1) is 17.1. The van der Waals surface area contributed by atoms with E-state index in [9.17, 15) is 20.0 Å². The minimum atomic E-state index is -0.601. The van der Waals surface area contributed by atoms with Crippen molar-refractivity contribution < 1.29 is 14.8 Å². The van der Waals surface area contributed by atoms with E-state index in [0.717, 1.165) is 0 Å².